The summed E-state index contributed by atoms with van der Waals surface area (Å²) in [7, 11) is 0. The van der Waals surface area contributed by atoms with Crippen molar-refractivity contribution in [1.82, 2.24) is 34.6 Å². The number of hydrogen-bond donors (Lipinski definition) is 0. The second-order valence-electron chi connectivity index (χ2n) is 10.0. The molecule has 0 saturated heterocycles. The largest absolute Gasteiger partial charge is 0.443 e. The number of hydrogen-bond acceptors (Lipinski definition) is 7. The van der Waals surface area contributed by atoms with Gasteiger partial charge >= 0.3 is 6.09 Å². The SMILES string of the molecule is CC(C)N(C(=O)OC(C)(C)C)c1cc(-c2cn(-c3ccc4nncn4n3)nc2-c2ccc(F)cc2)ccn1. The van der Waals surface area contributed by atoms with E-state index in [1.165, 1.54) is 23.4 Å². The van der Waals surface area contributed by atoms with E-state index >= 15 is 0 Å². The van der Waals surface area contributed by atoms with Crippen molar-refractivity contribution in [1.29, 1.82) is 0 Å². The molecule has 0 fully saturated rings. The lowest BCUT2D eigenvalue weighted by Crippen LogP contribution is -2.41. The number of pyridine rings is 1. The molecule has 0 unspecified atom stereocenters. The molecule has 1 amide bonds. The highest BCUT2D eigenvalue weighted by atomic mass is 19.1. The lowest BCUT2D eigenvalue weighted by Gasteiger charge is -2.29. The van der Waals surface area contributed by atoms with Gasteiger partial charge in [-0.25, -0.2) is 18.9 Å². The average molecular weight is 515 g/mol. The third-order valence-electron chi connectivity index (χ3n) is 5.62. The van der Waals surface area contributed by atoms with Gasteiger partial charge in [0.1, 0.15) is 29.3 Å². The highest BCUT2D eigenvalue weighted by molar-refractivity contribution is 5.89. The van der Waals surface area contributed by atoms with E-state index in [1.807, 2.05) is 52.9 Å². The molecule has 4 heterocycles. The van der Waals surface area contributed by atoms with Crippen LogP contribution in [0.15, 0.2) is 67.3 Å². The third-order valence-corrected chi connectivity index (χ3v) is 5.62. The van der Waals surface area contributed by atoms with E-state index < -0.39 is 11.7 Å². The summed E-state index contributed by atoms with van der Waals surface area (Å²) in [5.74, 6) is 0.637. The molecule has 194 valence electrons. The maximum atomic E-state index is 13.7. The zero-order valence-electron chi connectivity index (χ0n) is 21.7. The Balaban J connectivity index is 1.62. The summed E-state index contributed by atoms with van der Waals surface area (Å²) in [6.45, 7) is 9.26. The molecule has 5 aromatic rings. The minimum Gasteiger partial charge on any atom is -0.443 e. The second-order valence-corrected chi connectivity index (χ2v) is 10.0. The van der Waals surface area contributed by atoms with Crippen LogP contribution in [0, 0.1) is 5.82 Å². The molecule has 0 radical (unpaired) electrons. The number of halogens is 1. The Labute approximate surface area is 218 Å². The van der Waals surface area contributed by atoms with Crippen LogP contribution < -0.4 is 4.90 Å². The molecular formula is C27H27FN8O2. The van der Waals surface area contributed by atoms with Gasteiger partial charge in [-0.1, -0.05) is 0 Å². The zero-order valence-corrected chi connectivity index (χ0v) is 21.7. The van der Waals surface area contributed by atoms with Crippen LogP contribution in [0.4, 0.5) is 15.0 Å². The Morgan fingerprint density at radius 3 is 2.50 bits per heavy atom. The molecule has 38 heavy (non-hydrogen) atoms. The van der Waals surface area contributed by atoms with Crippen molar-refractivity contribution >= 4 is 17.6 Å². The van der Waals surface area contributed by atoms with Gasteiger partial charge in [-0.3, -0.25) is 4.90 Å². The van der Waals surface area contributed by atoms with E-state index in [0.717, 1.165) is 16.7 Å². The second kappa shape index (κ2) is 9.66. The van der Waals surface area contributed by atoms with Gasteiger partial charge in [0.15, 0.2) is 11.5 Å². The van der Waals surface area contributed by atoms with Gasteiger partial charge in [0.05, 0.1) is 0 Å². The minimum atomic E-state index is -0.655. The number of carbonyl (C=O) groups is 1. The van der Waals surface area contributed by atoms with Crippen molar-refractivity contribution < 1.29 is 13.9 Å². The van der Waals surface area contributed by atoms with Crippen molar-refractivity contribution in [2.45, 2.75) is 46.3 Å². The van der Waals surface area contributed by atoms with Gasteiger partial charge in [-0.2, -0.15) is 9.61 Å². The molecule has 0 spiro atoms. The fourth-order valence-electron chi connectivity index (χ4n) is 3.96. The topological polar surface area (TPSA) is 103 Å². The lowest BCUT2D eigenvalue weighted by atomic mass is 10.0. The predicted molar refractivity (Wildman–Crippen MR) is 140 cm³/mol. The summed E-state index contributed by atoms with van der Waals surface area (Å²) in [6.07, 6.45) is 4.50. The van der Waals surface area contributed by atoms with Gasteiger partial charge in [0.25, 0.3) is 0 Å². The smallest absolute Gasteiger partial charge is 0.416 e. The molecule has 0 atom stereocenters. The summed E-state index contributed by atoms with van der Waals surface area (Å²) >= 11 is 0. The van der Waals surface area contributed by atoms with Gasteiger partial charge < -0.3 is 4.74 Å². The summed E-state index contributed by atoms with van der Waals surface area (Å²) < 4.78 is 22.5. The van der Waals surface area contributed by atoms with Crippen LogP contribution in [0.5, 0.6) is 0 Å². The predicted octanol–water partition coefficient (Wildman–Crippen LogP) is 5.33. The van der Waals surface area contributed by atoms with Crippen molar-refractivity contribution in [3.8, 4) is 28.2 Å². The van der Waals surface area contributed by atoms with Crippen molar-refractivity contribution in [3.05, 3.63) is 73.1 Å². The molecule has 4 aromatic heterocycles. The van der Waals surface area contributed by atoms with Crippen LogP contribution in [-0.4, -0.2) is 52.3 Å². The monoisotopic (exact) mass is 514 g/mol. The maximum absolute atomic E-state index is 13.7. The maximum Gasteiger partial charge on any atom is 0.416 e. The van der Waals surface area contributed by atoms with Crippen LogP contribution in [0.1, 0.15) is 34.6 Å². The Hall–Kier alpha value is -4.67. The Morgan fingerprint density at radius 2 is 1.79 bits per heavy atom. The first-order chi connectivity index (χ1) is 18.1. The van der Waals surface area contributed by atoms with E-state index in [-0.39, 0.29) is 11.9 Å². The van der Waals surface area contributed by atoms with E-state index in [0.29, 0.717) is 23.0 Å². The molecular weight excluding hydrogens is 487 g/mol. The number of aromatic nitrogens is 7. The van der Waals surface area contributed by atoms with Crippen LogP contribution in [0.3, 0.4) is 0 Å². The molecule has 5 rings (SSSR count). The zero-order chi connectivity index (χ0) is 27.0. The normalized spacial score (nSPS) is 11.8. The van der Waals surface area contributed by atoms with Crippen LogP contribution in [0.25, 0.3) is 33.8 Å². The number of fused-ring (bicyclic) bond motifs is 1. The summed E-state index contributed by atoms with van der Waals surface area (Å²) in [5, 5.41) is 17.2. The van der Waals surface area contributed by atoms with Gasteiger partial charge in [0.2, 0.25) is 0 Å². The molecule has 0 aliphatic carbocycles. The van der Waals surface area contributed by atoms with Gasteiger partial charge in [-0.05, 0) is 88.7 Å². The minimum absolute atomic E-state index is 0.202. The molecule has 10 nitrogen and oxygen atoms in total. The number of anilines is 1. The lowest BCUT2D eigenvalue weighted by molar-refractivity contribution is 0.0569. The van der Waals surface area contributed by atoms with Gasteiger partial charge in [-0.15, -0.1) is 15.3 Å². The van der Waals surface area contributed by atoms with Crippen LogP contribution >= 0.6 is 0 Å². The molecule has 0 saturated carbocycles. The molecule has 0 bridgehead atoms. The Bertz CT molecular complexity index is 1600. The summed E-state index contributed by atoms with van der Waals surface area (Å²) in [4.78, 5) is 19.0. The highest BCUT2D eigenvalue weighted by Gasteiger charge is 2.27. The van der Waals surface area contributed by atoms with E-state index in [1.54, 1.807) is 39.7 Å². The van der Waals surface area contributed by atoms with Crippen molar-refractivity contribution in [2.75, 3.05) is 4.90 Å². The number of amides is 1. The van der Waals surface area contributed by atoms with Crippen LogP contribution in [0.2, 0.25) is 0 Å². The number of ether oxygens (including phenoxy) is 1. The third kappa shape index (κ3) is 5.08. The van der Waals surface area contributed by atoms with Crippen molar-refractivity contribution in [3.63, 3.8) is 0 Å². The first kappa shape index (κ1) is 25.0. The molecule has 0 aliphatic rings. The fourth-order valence-corrected chi connectivity index (χ4v) is 3.96. The highest BCUT2D eigenvalue weighted by Crippen LogP contribution is 2.34. The number of benzene rings is 1. The number of nitrogens with zero attached hydrogens (tertiary/aromatic N) is 8. The van der Waals surface area contributed by atoms with E-state index in [2.05, 4.69) is 20.3 Å². The fraction of sp³-hybridized carbons (Fsp3) is 0.259. The number of carbonyl (C=O) groups excluding carboxylic acids is 1. The van der Waals surface area contributed by atoms with Gasteiger partial charge in [0, 0.05) is 29.6 Å². The summed E-state index contributed by atoms with van der Waals surface area (Å²) in [6, 6.07) is 13.1. The Morgan fingerprint density at radius 1 is 1.03 bits per heavy atom. The molecule has 1 aromatic carbocycles. The standard InChI is InChI=1S/C27H27FN8O2/c1-17(2)36(26(37)38-27(3,4)5)24-14-19(12-13-29-24)21-15-34(23-11-10-22-31-30-16-35(22)32-23)33-25(21)18-6-8-20(28)9-7-18/h6-17H,1-5H3. The molecule has 0 aliphatic heterocycles. The average Bonchev–Trinajstić information content (AvgIpc) is 3.50. The quantitative estimate of drug-likeness (QED) is 0.312. The van der Waals surface area contributed by atoms with Crippen LogP contribution in [-0.2, 0) is 4.74 Å². The van der Waals surface area contributed by atoms with E-state index in [9.17, 15) is 9.18 Å². The van der Waals surface area contributed by atoms with Crippen molar-refractivity contribution in [2.24, 2.45) is 0 Å². The first-order valence-electron chi connectivity index (χ1n) is 12.1. The number of rotatable bonds is 5. The summed E-state index contributed by atoms with van der Waals surface area (Å²) in [5.41, 5.74) is 2.80. The Kier molecular flexibility index (Phi) is 6.35. The molecule has 11 heteroatoms. The molecule has 0 N–H and O–H groups in total. The van der Waals surface area contributed by atoms with E-state index in [4.69, 9.17) is 9.84 Å². The first-order valence-corrected chi connectivity index (χ1v) is 12.1.